The van der Waals surface area contributed by atoms with Crippen LogP contribution in [0, 0.1) is 0 Å². The Labute approximate surface area is 150 Å². The molecule has 0 spiro atoms. The van der Waals surface area contributed by atoms with Crippen molar-refractivity contribution in [1.29, 1.82) is 0 Å². The summed E-state index contributed by atoms with van der Waals surface area (Å²) in [6.07, 6.45) is 1.38. The predicted molar refractivity (Wildman–Crippen MR) is 94.7 cm³/mol. The molecule has 1 heterocycles. The second kappa shape index (κ2) is 9.43. The van der Waals surface area contributed by atoms with Crippen LogP contribution in [-0.4, -0.2) is 71.6 Å². The molecule has 2 amide bonds. The first kappa shape index (κ1) is 19.3. The van der Waals surface area contributed by atoms with Crippen molar-refractivity contribution in [2.75, 3.05) is 31.7 Å². The third-order valence-electron chi connectivity index (χ3n) is 3.90. The van der Waals surface area contributed by atoms with Crippen LogP contribution in [0.25, 0.3) is 0 Å². The minimum Gasteiger partial charge on any atom is -0.479 e. The number of carbonyl (C=O) groups excluding carboxylic acids is 2. The van der Waals surface area contributed by atoms with Gasteiger partial charge in [0.1, 0.15) is 6.04 Å². The number of rotatable bonds is 7. The number of benzene rings is 1. The van der Waals surface area contributed by atoms with Gasteiger partial charge in [0, 0.05) is 12.1 Å². The average molecular weight is 366 g/mol. The summed E-state index contributed by atoms with van der Waals surface area (Å²) in [6, 6.07) is 8.00. The second-order valence-electron chi connectivity index (χ2n) is 5.66. The zero-order chi connectivity index (χ0) is 18.2. The monoisotopic (exact) mass is 366 g/mol. The van der Waals surface area contributed by atoms with E-state index >= 15 is 0 Å². The third kappa shape index (κ3) is 5.47. The van der Waals surface area contributed by atoms with Gasteiger partial charge >= 0.3 is 5.97 Å². The van der Waals surface area contributed by atoms with Crippen molar-refractivity contribution in [2.24, 2.45) is 0 Å². The molecule has 1 aliphatic rings. The fourth-order valence-corrected chi connectivity index (χ4v) is 3.01. The van der Waals surface area contributed by atoms with Gasteiger partial charge in [-0.1, -0.05) is 18.2 Å². The Morgan fingerprint density at radius 1 is 1.36 bits per heavy atom. The molecular weight excluding hydrogens is 344 g/mol. The number of carboxylic acids is 1. The quantitative estimate of drug-likeness (QED) is 0.743. The van der Waals surface area contributed by atoms with Crippen molar-refractivity contribution in [3.63, 3.8) is 0 Å². The van der Waals surface area contributed by atoms with E-state index < -0.39 is 18.1 Å². The zero-order valence-electron chi connectivity index (χ0n) is 14.0. The van der Waals surface area contributed by atoms with Crippen LogP contribution >= 0.6 is 11.8 Å². The number of morpholine rings is 1. The van der Waals surface area contributed by atoms with Crippen molar-refractivity contribution >= 4 is 29.5 Å². The van der Waals surface area contributed by atoms with Gasteiger partial charge in [-0.15, -0.1) is 0 Å². The minimum absolute atomic E-state index is 0.00879. The molecule has 136 valence electrons. The molecule has 2 rings (SSSR count). The molecule has 2 N–H and O–H groups in total. The van der Waals surface area contributed by atoms with Gasteiger partial charge in [0.05, 0.1) is 13.2 Å². The van der Waals surface area contributed by atoms with Crippen LogP contribution < -0.4 is 5.32 Å². The number of hydrogen-bond acceptors (Lipinski definition) is 5. The maximum atomic E-state index is 12.8. The van der Waals surface area contributed by atoms with E-state index in [2.05, 4.69) is 5.32 Å². The van der Waals surface area contributed by atoms with Gasteiger partial charge in [-0.3, -0.25) is 9.59 Å². The predicted octanol–water partition coefficient (Wildman–Crippen LogP) is 0.850. The highest BCUT2D eigenvalue weighted by atomic mass is 32.2. The number of nitrogens with zero attached hydrogens (tertiary/aromatic N) is 1. The van der Waals surface area contributed by atoms with Gasteiger partial charge in [0.15, 0.2) is 6.10 Å². The molecule has 8 heteroatoms. The lowest BCUT2D eigenvalue weighted by atomic mass is 10.1. The molecule has 0 aliphatic carbocycles. The molecule has 0 aromatic heterocycles. The van der Waals surface area contributed by atoms with Crippen molar-refractivity contribution < 1.29 is 24.2 Å². The Bertz CT molecular complexity index is 610. The van der Waals surface area contributed by atoms with Crippen LogP contribution in [-0.2, 0) is 14.3 Å². The van der Waals surface area contributed by atoms with Crippen molar-refractivity contribution in [3.8, 4) is 0 Å². The van der Waals surface area contributed by atoms with E-state index in [9.17, 15) is 14.4 Å². The van der Waals surface area contributed by atoms with E-state index in [0.717, 1.165) is 0 Å². The van der Waals surface area contributed by atoms with Gasteiger partial charge in [0.25, 0.3) is 5.91 Å². The summed E-state index contributed by atoms with van der Waals surface area (Å²) in [5.41, 5.74) is 0.481. The smallest absolute Gasteiger partial charge is 0.334 e. The molecule has 2 unspecified atom stereocenters. The van der Waals surface area contributed by atoms with E-state index in [0.29, 0.717) is 24.3 Å². The Kier molecular flexibility index (Phi) is 7.27. The lowest BCUT2D eigenvalue weighted by molar-refractivity contribution is -0.159. The molecule has 1 fully saturated rings. The second-order valence-corrected chi connectivity index (χ2v) is 6.64. The van der Waals surface area contributed by atoms with Crippen molar-refractivity contribution in [3.05, 3.63) is 35.9 Å². The summed E-state index contributed by atoms with van der Waals surface area (Å²) in [6.45, 7) is 0.481. The summed E-state index contributed by atoms with van der Waals surface area (Å²) in [7, 11) is 0. The lowest BCUT2D eigenvalue weighted by Gasteiger charge is -2.33. The molecule has 1 aliphatic heterocycles. The number of amides is 2. The summed E-state index contributed by atoms with van der Waals surface area (Å²) < 4.78 is 5.15. The van der Waals surface area contributed by atoms with E-state index in [1.807, 2.05) is 12.3 Å². The molecule has 0 bridgehead atoms. The first-order valence-electron chi connectivity index (χ1n) is 8.01. The highest BCUT2D eigenvalue weighted by Crippen LogP contribution is 2.11. The van der Waals surface area contributed by atoms with E-state index in [-0.39, 0.29) is 25.0 Å². The molecule has 2 atom stereocenters. The summed E-state index contributed by atoms with van der Waals surface area (Å²) >= 11 is 1.58. The summed E-state index contributed by atoms with van der Waals surface area (Å²) in [5, 5.41) is 11.9. The summed E-state index contributed by atoms with van der Waals surface area (Å²) in [4.78, 5) is 37.7. The van der Waals surface area contributed by atoms with Gasteiger partial charge in [-0.05, 0) is 30.6 Å². The first-order valence-corrected chi connectivity index (χ1v) is 9.40. The number of carboxylic acid groups (broad SMARTS) is 1. The van der Waals surface area contributed by atoms with Crippen LogP contribution in [0.3, 0.4) is 0 Å². The van der Waals surface area contributed by atoms with Crippen LogP contribution in [0.15, 0.2) is 30.3 Å². The Balaban J connectivity index is 2.06. The maximum absolute atomic E-state index is 12.8. The largest absolute Gasteiger partial charge is 0.479 e. The molecular formula is C17H22N2O5S. The number of ether oxygens (including phenoxy) is 1. The maximum Gasteiger partial charge on any atom is 0.334 e. The normalized spacial score (nSPS) is 18.4. The van der Waals surface area contributed by atoms with E-state index in [1.165, 1.54) is 4.90 Å². The molecule has 0 saturated carbocycles. The topological polar surface area (TPSA) is 95.9 Å². The Morgan fingerprint density at radius 3 is 2.72 bits per heavy atom. The molecule has 25 heavy (non-hydrogen) atoms. The van der Waals surface area contributed by atoms with Gasteiger partial charge in [-0.2, -0.15) is 11.8 Å². The fourth-order valence-electron chi connectivity index (χ4n) is 2.54. The molecule has 1 saturated heterocycles. The van der Waals surface area contributed by atoms with Crippen molar-refractivity contribution in [2.45, 2.75) is 18.6 Å². The SMILES string of the molecule is CSCCC(NC(=O)c1ccccc1)C(=O)N1CCOC(C(=O)O)C1. The number of hydrogen-bond donors (Lipinski definition) is 2. The van der Waals surface area contributed by atoms with Gasteiger partial charge in [0.2, 0.25) is 5.91 Å². The first-order chi connectivity index (χ1) is 12.0. The van der Waals surface area contributed by atoms with Crippen LogP contribution in [0.2, 0.25) is 0 Å². The molecule has 1 aromatic rings. The van der Waals surface area contributed by atoms with Crippen molar-refractivity contribution in [1.82, 2.24) is 10.2 Å². The number of thioether (sulfide) groups is 1. The molecule has 0 radical (unpaired) electrons. The number of nitrogens with one attached hydrogen (secondary N) is 1. The standard InChI is InChI=1S/C17H22N2O5S/c1-25-10-7-13(18-15(20)12-5-3-2-4-6-12)16(21)19-8-9-24-14(11-19)17(22)23/h2-6,13-14H,7-11H2,1H3,(H,18,20)(H,22,23). The Hall–Kier alpha value is -2.06. The van der Waals surface area contributed by atoms with Crippen LogP contribution in [0.1, 0.15) is 16.8 Å². The molecule has 7 nitrogen and oxygen atoms in total. The fraction of sp³-hybridized carbons (Fsp3) is 0.471. The highest BCUT2D eigenvalue weighted by molar-refractivity contribution is 7.98. The van der Waals surface area contributed by atoms with Gasteiger partial charge < -0.3 is 20.1 Å². The average Bonchev–Trinajstić information content (AvgIpc) is 2.65. The van der Waals surface area contributed by atoms with E-state index in [4.69, 9.17) is 9.84 Å². The molecule has 1 aromatic carbocycles. The number of carbonyl (C=O) groups is 3. The van der Waals surface area contributed by atoms with Crippen LogP contribution in [0.5, 0.6) is 0 Å². The number of aliphatic carboxylic acids is 1. The van der Waals surface area contributed by atoms with E-state index in [1.54, 1.807) is 36.0 Å². The van der Waals surface area contributed by atoms with Gasteiger partial charge in [-0.25, -0.2) is 4.79 Å². The highest BCUT2D eigenvalue weighted by Gasteiger charge is 2.33. The minimum atomic E-state index is -1.09. The Morgan fingerprint density at radius 2 is 2.08 bits per heavy atom. The summed E-state index contributed by atoms with van der Waals surface area (Å²) in [5.74, 6) is -0.972. The third-order valence-corrected chi connectivity index (χ3v) is 4.55. The lowest BCUT2D eigenvalue weighted by Crippen LogP contribution is -2.55. The zero-order valence-corrected chi connectivity index (χ0v) is 14.8. The van der Waals surface area contributed by atoms with Crippen LogP contribution in [0.4, 0.5) is 0 Å².